The molecule has 1 aliphatic heterocycles. The van der Waals surface area contributed by atoms with Gasteiger partial charge in [0, 0.05) is 38.8 Å². The number of aliphatic imine (C=N–C) groups is 1. The summed E-state index contributed by atoms with van der Waals surface area (Å²) in [4.78, 5) is 6.88. The Labute approximate surface area is 177 Å². The molecule has 1 aromatic rings. The first-order chi connectivity index (χ1) is 12.6. The molecule has 152 valence electrons. The Morgan fingerprint density at radius 2 is 2.07 bits per heavy atom. The lowest BCUT2D eigenvalue weighted by Gasteiger charge is -2.24. The van der Waals surface area contributed by atoms with Gasteiger partial charge in [0.05, 0.1) is 0 Å². The largest absolute Gasteiger partial charge is 0.435 e. The standard InChI is InChI=1S/C19H28F2N4O.HI/c1-22-19(23-12-14-5-4-8-17(11-14)26-18(20)21)24-15-9-10-25(13-15)16-6-2-3-7-16;/h4-5,8,11,15-16,18H,2-3,6-7,9-10,12-13H2,1H3,(H2,22,23,24);1H. The number of nitrogens with zero attached hydrogens (tertiary/aromatic N) is 2. The fraction of sp³-hybridized carbons (Fsp3) is 0.632. The van der Waals surface area contributed by atoms with Gasteiger partial charge in [-0.15, -0.1) is 24.0 Å². The lowest BCUT2D eigenvalue weighted by atomic mass is 10.2. The highest BCUT2D eigenvalue weighted by atomic mass is 127. The first-order valence-electron chi connectivity index (χ1n) is 9.39. The minimum absolute atomic E-state index is 0. The lowest BCUT2D eigenvalue weighted by molar-refractivity contribution is -0.0498. The fourth-order valence-electron chi connectivity index (χ4n) is 3.91. The second kappa shape index (κ2) is 11.0. The topological polar surface area (TPSA) is 48.9 Å². The van der Waals surface area contributed by atoms with E-state index in [4.69, 9.17) is 0 Å². The van der Waals surface area contributed by atoms with Crippen molar-refractivity contribution in [3.63, 3.8) is 0 Å². The summed E-state index contributed by atoms with van der Waals surface area (Å²) >= 11 is 0. The van der Waals surface area contributed by atoms with Crippen molar-refractivity contribution in [2.24, 2.45) is 4.99 Å². The van der Waals surface area contributed by atoms with E-state index >= 15 is 0 Å². The van der Waals surface area contributed by atoms with Crippen LogP contribution in [0.5, 0.6) is 5.75 Å². The highest BCUT2D eigenvalue weighted by Gasteiger charge is 2.30. The van der Waals surface area contributed by atoms with Gasteiger partial charge in [0.2, 0.25) is 0 Å². The summed E-state index contributed by atoms with van der Waals surface area (Å²) in [5.74, 6) is 0.911. The van der Waals surface area contributed by atoms with Crippen molar-refractivity contribution in [3.05, 3.63) is 29.8 Å². The molecule has 0 radical (unpaired) electrons. The Balaban J connectivity index is 0.00000261. The number of likely N-dealkylation sites (tertiary alicyclic amines) is 1. The van der Waals surface area contributed by atoms with Gasteiger partial charge >= 0.3 is 6.61 Å². The predicted molar refractivity (Wildman–Crippen MR) is 114 cm³/mol. The molecule has 27 heavy (non-hydrogen) atoms. The molecule has 8 heteroatoms. The van der Waals surface area contributed by atoms with E-state index in [9.17, 15) is 8.78 Å². The molecule has 0 amide bonds. The number of rotatable bonds is 6. The van der Waals surface area contributed by atoms with Gasteiger partial charge in [-0.05, 0) is 37.0 Å². The molecule has 0 spiro atoms. The van der Waals surface area contributed by atoms with Crippen LogP contribution in [0.15, 0.2) is 29.3 Å². The Morgan fingerprint density at radius 1 is 1.30 bits per heavy atom. The maximum atomic E-state index is 12.3. The maximum Gasteiger partial charge on any atom is 0.387 e. The van der Waals surface area contributed by atoms with E-state index in [1.807, 2.05) is 6.07 Å². The van der Waals surface area contributed by atoms with E-state index in [0.717, 1.165) is 37.1 Å². The third kappa shape index (κ3) is 6.74. The van der Waals surface area contributed by atoms with Crippen molar-refractivity contribution in [1.29, 1.82) is 0 Å². The van der Waals surface area contributed by atoms with E-state index in [0.29, 0.717) is 12.6 Å². The zero-order valence-electron chi connectivity index (χ0n) is 15.7. The maximum absolute atomic E-state index is 12.3. The average Bonchev–Trinajstić information content (AvgIpc) is 3.29. The molecule has 0 bridgehead atoms. The van der Waals surface area contributed by atoms with Gasteiger partial charge in [-0.3, -0.25) is 9.89 Å². The minimum Gasteiger partial charge on any atom is -0.435 e. The zero-order valence-corrected chi connectivity index (χ0v) is 18.0. The molecule has 3 rings (SSSR count). The van der Waals surface area contributed by atoms with Crippen molar-refractivity contribution in [2.75, 3.05) is 20.1 Å². The van der Waals surface area contributed by atoms with Crippen LogP contribution < -0.4 is 15.4 Å². The summed E-state index contributed by atoms with van der Waals surface area (Å²) in [5, 5.41) is 6.74. The third-order valence-corrected chi connectivity index (χ3v) is 5.21. The van der Waals surface area contributed by atoms with E-state index < -0.39 is 6.61 Å². The van der Waals surface area contributed by atoms with E-state index in [1.165, 1.54) is 31.7 Å². The highest BCUT2D eigenvalue weighted by Crippen LogP contribution is 2.26. The normalized spacial score (nSPS) is 21.3. The molecular weight excluding hydrogens is 465 g/mol. The number of halogens is 3. The third-order valence-electron chi connectivity index (χ3n) is 5.21. The number of benzene rings is 1. The summed E-state index contributed by atoms with van der Waals surface area (Å²) in [5.41, 5.74) is 0.866. The first-order valence-corrected chi connectivity index (χ1v) is 9.39. The SMILES string of the molecule is CN=C(NCc1cccc(OC(F)F)c1)NC1CCN(C2CCCC2)C1.I. The molecule has 2 fully saturated rings. The monoisotopic (exact) mass is 494 g/mol. The Hall–Kier alpha value is -1.16. The Bertz CT molecular complexity index is 611. The average molecular weight is 494 g/mol. The molecule has 1 heterocycles. The molecule has 1 unspecified atom stereocenters. The van der Waals surface area contributed by atoms with Crippen LogP contribution in [0.2, 0.25) is 0 Å². The van der Waals surface area contributed by atoms with E-state index in [1.54, 1.807) is 19.2 Å². The van der Waals surface area contributed by atoms with Crippen LogP contribution in [-0.4, -0.2) is 49.7 Å². The lowest BCUT2D eigenvalue weighted by Crippen LogP contribution is -2.45. The summed E-state index contributed by atoms with van der Waals surface area (Å²) in [6, 6.07) is 7.88. The van der Waals surface area contributed by atoms with Crippen LogP contribution in [0, 0.1) is 0 Å². The highest BCUT2D eigenvalue weighted by molar-refractivity contribution is 14.0. The molecule has 5 nitrogen and oxygen atoms in total. The van der Waals surface area contributed by atoms with Crippen molar-refractivity contribution in [3.8, 4) is 5.75 Å². The Morgan fingerprint density at radius 3 is 2.78 bits per heavy atom. The number of guanidine groups is 1. The van der Waals surface area contributed by atoms with Gasteiger partial charge < -0.3 is 15.4 Å². The predicted octanol–water partition coefficient (Wildman–Crippen LogP) is 3.59. The van der Waals surface area contributed by atoms with Crippen LogP contribution in [0.3, 0.4) is 0 Å². The summed E-state index contributed by atoms with van der Waals surface area (Å²) in [6.45, 7) is -0.105. The van der Waals surface area contributed by atoms with E-state index in [2.05, 4.69) is 25.3 Å². The molecule has 2 aliphatic rings. The number of ether oxygens (including phenoxy) is 1. The van der Waals surface area contributed by atoms with Crippen LogP contribution in [0.25, 0.3) is 0 Å². The molecule has 1 atom stereocenters. The first kappa shape index (κ1) is 22.1. The zero-order chi connectivity index (χ0) is 18.4. The molecular formula is C19H29F2IN4O. The van der Waals surface area contributed by atoms with Gasteiger partial charge in [-0.2, -0.15) is 8.78 Å². The van der Waals surface area contributed by atoms with Crippen LogP contribution in [-0.2, 0) is 6.54 Å². The van der Waals surface area contributed by atoms with Crippen LogP contribution >= 0.6 is 24.0 Å². The second-order valence-corrected chi connectivity index (χ2v) is 7.01. The number of alkyl halides is 2. The van der Waals surface area contributed by atoms with Gasteiger partial charge in [0.15, 0.2) is 5.96 Å². The molecule has 1 aromatic carbocycles. The van der Waals surface area contributed by atoms with Crippen LogP contribution in [0.4, 0.5) is 8.78 Å². The molecule has 1 saturated heterocycles. The smallest absolute Gasteiger partial charge is 0.387 e. The van der Waals surface area contributed by atoms with Crippen LogP contribution in [0.1, 0.15) is 37.7 Å². The number of hydrogen-bond acceptors (Lipinski definition) is 3. The Kier molecular flexibility index (Phi) is 9.01. The quantitative estimate of drug-likeness (QED) is 0.361. The summed E-state index contributed by atoms with van der Waals surface area (Å²) < 4.78 is 29.1. The number of hydrogen-bond donors (Lipinski definition) is 2. The van der Waals surface area contributed by atoms with Crippen molar-refractivity contribution in [2.45, 2.75) is 57.3 Å². The molecule has 2 N–H and O–H groups in total. The molecule has 1 saturated carbocycles. The van der Waals surface area contributed by atoms with Gasteiger partial charge in [0.1, 0.15) is 5.75 Å². The van der Waals surface area contributed by atoms with Gasteiger partial charge in [0.25, 0.3) is 0 Å². The second-order valence-electron chi connectivity index (χ2n) is 7.01. The van der Waals surface area contributed by atoms with Crippen molar-refractivity contribution in [1.82, 2.24) is 15.5 Å². The summed E-state index contributed by atoms with van der Waals surface area (Å²) in [6.07, 6.45) is 6.50. The number of nitrogens with one attached hydrogen (secondary N) is 2. The van der Waals surface area contributed by atoms with Crippen molar-refractivity contribution < 1.29 is 13.5 Å². The van der Waals surface area contributed by atoms with Gasteiger partial charge in [-0.1, -0.05) is 25.0 Å². The van der Waals surface area contributed by atoms with E-state index in [-0.39, 0.29) is 29.7 Å². The van der Waals surface area contributed by atoms with Crippen molar-refractivity contribution >= 4 is 29.9 Å². The molecule has 0 aromatic heterocycles. The fourth-order valence-corrected chi connectivity index (χ4v) is 3.91. The molecule has 1 aliphatic carbocycles. The van der Waals surface area contributed by atoms with Gasteiger partial charge in [-0.25, -0.2) is 0 Å². The summed E-state index contributed by atoms with van der Waals surface area (Å²) in [7, 11) is 1.75. The minimum atomic E-state index is -2.81.